The number of aromatic nitrogens is 4. The van der Waals surface area contributed by atoms with Gasteiger partial charge in [-0.3, -0.25) is 4.79 Å². The molecule has 40 heavy (non-hydrogen) atoms. The van der Waals surface area contributed by atoms with Crippen molar-refractivity contribution in [3.8, 4) is 17.3 Å². The van der Waals surface area contributed by atoms with Gasteiger partial charge in [0.2, 0.25) is 0 Å². The van der Waals surface area contributed by atoms with Crippen LogP contribution in [0.15, 0.2) is 36.5 Å². The quantitative estimate of drug-likeness (QED) is 0.330. The van der Waals surface area contributed by atoms with Crippen molar-refractivity contribution in [3.05, 3.63) is 42.1 Å². The predicted octanol–water partition coefficient (Wildman–Crippen LogP) is 4.05. The first-order chi connectivity index (χ1) is 19.5. The zero-order valence-electron chi connectivity index (χ0n) is 23.3. The molecule has 0 spiro atoms. The van der Waals surface area contributed by atoms with Gasteiger partial charge in [0.05, 0.1) is 18.3 Å². The lowest BCUT2D eigenvalue weighted by Crippen LogP contribution is -2.41. The molecule has 7 rings (SSSR count). The minimum absolute atomic E-state index is 0.0000928. The number of likely N-dealkylation sites (tertiary alicyclic amines) is 1. The topological polar surface area (TPSA) is 111 Å². The van der Waals surface area contributed by atoms with Crippen molar-refractivity contribution in [3.63, 3.8) is 0 Å². The van der Waals surface area contributed by atoms with Crippen LogP contribution in [0.2, 0.25) is 0 Å². The van der Waals surface area contributed by atoms with Crippen LogP contribution in [-0.4, -0.2) is 67.4 Å². The van der Waals surface area contributed by atoms with Crippen LogP contribution in [0.4, 0.5) is 0 Å². The van der Waals surface area contributed by atoms with Gasteiger partial charge in [-0.2, -0.15) is 0 Å². The molecular weight excluding hydrogens is 504 g/mol. The van der Waals surface area contributed by atoms with Gasteiger partial charge < -0.3 is 29.6 Å². The van der Waals surface area contributed by atoms with E-state index in [1.165, 1.54) is 12.8 Å². The maximum absolute atomic E-state index is 13.7. The third-order valence-electron chi connectivity index (χ3n) is 9.37. The lowest BCUT2D eigenvalue weighted by molar-refractivity contribution is 0.0700. The Labute approximate surface area is 233 Å². The second kappa shape index (κ2) is 9.89. The molecule has 4 atom stereocenters. The average molecular weight is 543 g/mol. The van der Waals surface area contributed by atoms with E-state index in [0.29, 0.717) is 29.7 Å². The summed E-state index contributed by atoms with van der Waals surface area (Å²) in [5.74, 6) is 2.66. The van der Waals surface area contributed by atoms with E-state index in [9.17, 15) is 9.90 Å². The predicted molar refractivity (Wildman–Crippen MR) is 154 cm³/mol. The SMILES string of the molecule is COc1cc(C(=O)N2C[C@H]3CC[C@@H]2[C@@H]3N)cc2nc(-c3cc4cccnc4n3CC3CC3)n(CCC(C)CO)c12. The van der Waals surface area contributed by atoms with Crippen molar-refractivity contribution in [2.24, 2.45) is 23.5 Å². The molecule has 2 saturated carbocycles. The van der Waals surface area contributed by atoms with Crippen LogP contribution in [0.25, 0.3) is 33.6 Å². The van der Waals surface area contributed by atoms with E-state index < -0.39 is 0 Å². The first kappa shape index (κ1) is 25.5. The van der Waals surface area contributed by atoms with Crippen molar-refractivity contribution < 1.29 is 14.6 Å². The molecule has 0 radical (unpaired) electrons. The van der Waals surface area contributed by atoms with E-state index in [1.807, 2.05) is 29.3 Å². The molecule has 1 saturated heterocycles. The molecule has 1 amide bonds. The van der Waals surface area contributed by atoms with Crippen molar-refractivity contribution in [2.75, 3.05) is 20.3 Å². The Morgan fingerprint density at radius 3 is 2.75 bits per heavy atom. The van der Waals surface area contributed by atoms with E-state index in [1.54, 1.807) is 7.11 Å². The van der Waals surface area contributed by atoms with E-state index in [4.69, 9.17) is 20.4 Å². The fourth-order valence-electron chi connectivity index (χ4n) is 6.83. The maximum Gasteiger partial charge on any atom is 0.254 e. The molecule has 3 aromatic heterocycles. The Kier molecular flexibility index (Phi) is 6.31. The highest BCUT2D eigenvalue weighted by Gasteiger charge is 2.47. The number of hydrogen-bond donors (Lipinski definition) is 2. The van der Waals surface area contributed by atoms with Gasteiger partial charge in [0.25, 0.3) is 5.91 Å². The molecule has 1 aliphatic heterocycles. The number of aryl methyl sites for hydroxylation is 1. The van der Waals surface area contributed by atoms with E-state index in [2.05, 4.69) is 28.2 Å². The number of nitrogens with zero attached hydrogens (tertiary/aromatic N) is 5. The van der Waals surface area contributed by atoms with Gasteiger partial charge in [0.15, 0.2) is 5.82 Å². The summed E-state index contributed by atoms with van der Waals surface area (Å²) < 4.78 is 10.4. The van der Waals surface area contributed by atoms with Gasteiger partial charge in [-0.15, -0.1) is 0 Å². The number of pyridine rings is 1. The molecule has 9 heteroatoms. The molecule has 9 nitrogen and oxygen atoms in total. The number of rotatable bonds is 9. The summed E-state index contributed by atoms with van der Waals surface area (Å²) in [4.78, 5) is 25.6. The highest BCUT2D eigenvalue weighted by Crippen LogP contribution is 2.40. The summed E-state index contributed by atoms with van der Waals surface area (Å²) >= 11 is 0. The van der Waals surface area contributed by atoms with Crippen LogP contribution < -0.4 is 10.5 Å². The Hall–Kier alpha value is -3.43. The van der Waals surface area contributed by atoms with E-state index >= 15 is 0 Å². The lowest BCUT2D eigenvalue weighted by atomic mass is 10.1. The van der Waals surface area contributed by atoms with Gasteiger partial charge in [0, 0.05) is 55.5 Å². The highest BCUT2D eigenvalue weighted by atomic mass is 16.5. The van der Waals surface area contributed by atoms with Gasteiger partial charge in [0.1, 0.15) is 16.9 Å². The Morgan fingerprint density at radius 2 is 2.05 bits per heavy atom. The second-order valence-electron chi connectivity index (χ2n) is 12.1. The third-order valence-corrected chi connectivity index (χ3v) is 9.37. The van der Waals surface area contributed by atoms with E-state index in [0.717, 1.165) is 65.9 Å². The van der Waals surface area contributed by atoms with Crippen molar-refractivity contribution >= 4 is 28.0 Å². The zero-order chi connectivity index (χ0) is 27.5. The van der Waals surface area contributed by atoms with Crippen molar-refractivity contribution in [2.45, 2.75) is 64.2 Å². The number of carbonyl (C=O) groups excluding carboxylic acids is 1. The summed E-state index contributed by atoms with van der Waals surface area (Å²) in [5.41, 5.74) is 10.6. The molecule has 3 fully saturated rings. The van der Waals surface area contributed by atoms with Gasteiger partial charge in [-0.05, 0) is 80.2 Å². The van der Waals surface area contributed by atoms with Gasteiger partial charge in [-0.1, -0.05) is 6.92 Å². The van der Waals surface area contributed by atoms with Crippen molar-refractivity contribution in [1.82, 2.24) is 24.0 Å². The lowest BCUT2D eigenvalue weighted by Gasteiger charge is -2.27. The average Bonchev–Trinajstić information content (AvgIpc) is 3.32. The minimum atomic E-state index is -0.0000928. The number of amides is 1. The highest BCUT2D eigenvalue weighted by molar-refractivity contribution is 6.00. The monoisotopic (exact) mass is 542 g/mol. The number of aliphatic hydroxyl groups excluding tert-OH is 1. The van der Waals surface area contributed by atoms with Crippen LogP contribution in [-0.2, 0) is 13.1 Å². The number of hydrogen-bond acceptors (Lipinski definition) is 6. The molecule has 2 aliphatic carbocycles. The number of ether oxygens (including phenoxy) is 1. The fraction of sp³-hybridized carbons (Fsp3) is 0.516. The number of benzene rings is 1. The van der Waals surface area contributed by atoms with Gasteiger partial charge in [-0.25, -0.2) is 9.97 Å². The Bertz CT molecular complexity index is 1590. The Balaban J connectivity index is 1.37. The van der Waals surface area contributed by atoms with Crippen LogP contribution >= 0.6 is 0 Å². The summed E-state index contributed by atoms with van der Waals surface area (Å²) in [6, 6.07) is 10.2. The largest absolute Gasteiger partial charge is 0.494 e. The van der Waals surface area contributed by atoms with Crippen LogP contribution in [0.5, 0.6) is 5.75 Å². The Morgan fingerprint density at radius 1 is 1.20 bits per heavy atom. The molecule has 210 valence electrons. The zero-order valence-corrected chi connectivity index (χ0v) is 23.3. The van der Waals surface area contributed by atoms with Gasteiger partial charge >= 0.3 is 0 Å². The molecule has 3 N–H and O–H groups in total. The number of carbonyl (C=O) groups is 1. The summed E-state index contributed by atoms with van der Waals surface area (Å²) in [5, 5.41) is 10.8. The standard InChI is InChI=1S/C31H38N6O3/c1-18(17-38)9-11-35-28-23(12-22(14-26(28)40-2)31(39)37-16-21-7-8-24(37)27(21)32)34-30(35)25-13-20-4-3-10-33-29(20)36(25)15-19-5-6-19/h3-4,10,12-14,18-19,21,24,27,38H,5-9,11,15-17,32H2,1-2H3/t18?,21-,24-,27-/m1/s1. The number of piperidine rings is 1. The molecule has 2 bridgehead atoms. The van der Waals surface area contributed by atoms with Crippen LogP contribution in [0.1, 0.15) is 49.4 Å². The summed E-state index contributed by atoms with van der Waals surface area (Å²) in [7, 11) is 1.65. The maximum atomic E-state index is 13.7. The smallest absolute Gasteiger partial charge is 0.254 e. The second-order valence-corrected chi connectivity index (χ2v) is 12.1. The number of imidazole rings is 1. The summed E-state index contributed by atoms with van der Waals surface area (Å²) in [6.07, 6.45) is 7.17. The van der Waals surface area contributed by atoms with Crippen molar-refractivity contribution in [1.29, 1.82) is 0 Å². The molecule has 1 unspecified atom stereocenters. The first-order valence-electron chi connectivity index (χ1n) is 14.7. The molecule has 4 aromatic rings. The van der Waals surface area contributed by atoms with Crippen LogP contribution in [0, 0.1) is 17.8 Å². The normalized spacial score (nSPS) is 23.0. The molecule has 3 aliphatic rings. The van der Waals surface area contributed by atoms with Crippen LogP contribution in [0.3, 0.4) is 0 Å². The molecule has 4 heterocycles. The minimum Gasteiger partial charge on any atom is -0.494 e. The summed E-state index contributed by atoms with van der Waals surface area (Å²) in [6.45, 7) is 4.47. The fourth-order valence-corrected chi connectivity index (χ4v) is 6.83. The number of fused-ring (bicyclic) bond motifs is 4. The molecular formula is C31H38N6O3. The molecule has 1 aromatic carbocycles. The number of aliphatic hydroxyl groups is 1. The first-order valence-corrected chi connectivity index (χ1v) is 14.7. The van der Waals surface area contributed by atoms with E-state index in [-0.39, 0.29) is 30.5 Å². The third kappa shape index (κ3) is 4.18. The number of nitrogens with two attached hydrogens (primary N) is 1. The number of methoxy groups -OCH3 is 1.